The zero-order chi connectivity index (χ0) is 20.1. The van der Waals surface area contributed by atoms with E-state index in [-0.39, 0.29) is 17.4 Å². The van der Waals surface area contributed by atoms with Gasteiger partial charge in [-0.15, -0.1) is 0 Å². The largest absolute Gasteiger partial charge is 0.368 e. The second-order valence-electron chi connectivity index (χ2n) is 8.57. The third-order valence-corrected chi connectivity index (χ3v) is 6.84. The Labute approximate surface area is 174 Å². The quantitative estimate of drug-likeness (QED) is 0.625. The van der Waals surface area contributed by atoms with Crippen molar-refractivity contribution < 1.29 is 9.53 Å². The van der Waals surface area contributed by atoms with Crippen LogP contribution in [0.15, 0.2) is 35.3 Å². The molecule has 0 radical (unpaired) electrons. The molecule has 158 valence electrons. The molecule has 2 aliphatic heterocycles. The molecule has 29 heavy (non-hydrogen) atoms. The van der Waals surface area contributed by atoms with Gasteiger partial charge in [-0.2, -0.15) is 0 Å². The van der Waals surface area contributed by atoms with Gasteiger partial charge in [0.2, 0.25) is 0 Å². The molecule has 6 heteroatoms. The molecule has 1 N–H and O–H groups in total. The molecule has 0 aromatic heterocycles. The maximum absolute atomic E-state index is 12.6. The molecule has 2 saturated heterocycles. The minimum absolute atomic E-state index is 0.166. The first-order valence-corrected chi connectivity index (χ1v) is 11.1. The van der Waals surface area contributed by atoms with Crippen molar-refractivity contribution in [3.05, 3.63) is 35.9 Å². The molecule has 1 saturated carbocycles. The van der Waals surface area contributed by atoms with E-state index in [1.54, 1.807) is 0 Å². The fourth-order valence-electron chi connectivity index (χ4n) is 5.11. The van der Waals surface area contributed by atoms with Crippen LogP contribution in [0.1, 0.15) is 44.1 Å². The topological polar surface area (TPSA) is 57.2 Å². The number of piperazine rings is 1. The van der Waals surface area contributed by atoms with Crippen LogP contribution < -0.4 is 5.32 Å². The standard InChI is InChI=1S/C23H34N4O2/c1-24-22(25-18-23(11-5-6-12-23)19-8-3-2-4-9-19)27-15-13-26(14-16-27)21(28)20-10-7-17-29-20/h2-4,8-9,20H,5-7,10-18H2,1H3,(H,24,25). The van der Waals surface area contributed by atoms with Gasteiger partial charge in [-0.25, -0.2) is 0 Å². The molecule has 0 bridgehead atoms. The van der Waals surface area contributed by atoms with Crippen molar-refractivity contribution in [3.8, 4) is 0 Å². The van der Waals surface area contributed by atoms with E-state index in [0.717, 1.165) is 58.1 Å². The minimum Gasteiger partial charge on any atom is -0.368 e. The Hall–Kier alpha value is -2.08. The monoisotopic (exact) mass is 398 g/mol. The van der Waals surface area contributed by atoms with Crippen LogP contribution in [0, 0.1) is 0 Å². The van der Waals surface area contributed by atoms with Crippen LogP contribution >= 0.6 is 0 Å². The van der Waals surface area contributed by atoms with E-state index in [4.69, 9.17) is 4.74 Å². The SMILES string of the molecule is CN=C(NCC1(c2ccccc2)CCCC1)N1CCN(C(=O)C2CCCO2)CC1. The van der Waals surface area contributed by atoms with E-state index in [1.165, 1.54) is 31.2 Å². The molecule has 3 fully saturated rings. The van der Waals surface area contributed by atoms with Crippen LogP contribution in [0.25, 0.3) is 0 Å². The van der Waals surface area contributed by atoms with Gasteiger partial charge in [0.25, 0.3) is 5.91 Å². The van der Waals surface area contributed by atoms with E-state index < -0.39 is 0 Å². The second kappa shape index (κ2) is 9.16. The van der Waals surface area contributed by atoms with E-state index in [0.29, 0.717) is 0 Å². The lowest BCUT2D eigenvalue weighted by molar-refractivity contribution is -0.142. The number of carbonyl (C=O) groups is 1. The van der Waals surface area contributed by atoms with Crippen LogP contribution in [0.3, 0.4) is 0 Å². The van der Waals surface area contributed by atoms with Gasteiger partial charge < -0.3 is 19.9 Å². The van der Waals surface area contributed by atoms with Gasteiger partial charge >= 0.3 is 0 Å². The lowest BCUT2D eigenvalue weighted by Gasteiger charge is -2.38. The lowest BCUT2D eigenvalue weighted by Crippen LogP contribution is -2.56. The van der Waals surface area contributed by atoms with Crippen LogP contribution in [-0.2, 0) is 14.9 Å². The number of ether oxygens (including phenoxy) is 1. The average molecular weight is 399 g/mol. The Balaban J connectivity index is 1.33. The summed E-state index contributed by atoms with van der Waals surface area (Å²) in [6, 6.07) is 10.9. The van der Waals surface area contributed by atoms with Crippen molar-refractivity contribution in [1.29, 1.82) is 0 Å². The van der Waals surface area contributed by atoms with Crippen molar-refractivity contribution in [2.24, 2.45) is 4.99 Å². The first kappa shape index (κ1) is 20.2. The summed E-state index contributed by atoms with van der Waals surface area (Å²) in [5, 5.41) is 3.67. The molecule has 6 nitrogen and oxygen atoms in total. The summed E-state index contributed by atoms with van der Waals surface area (Å²) in [5.41, 5.74) is 1.64. The first-order valence-electron chi connectivity index (χ1n) is 11.1. The van der Waals surface area contributed by atoms with Crippen molar-refractivity contribution >= 4 is 11.9 Å². The van der Waals surface area contributed by atoms with Gasteiger partial charge in [-0.3, -0.25) is 9.79 Å². The van der Waals surface area contributed by atoms with Gasteiger partial charge in [0, 0.05) is 51.8 Å². The molecular weight excluding hydrogens is 364 g/mol. The smallest absolute Gasteiger partial charge is 0.251 e. The third kappa shape index (κ3) is 4.42. The fourth-order valence-corrected chi connectivity index (χ4v) is 5.11. The van der Waals surface area contributed by atoms with Crippen molar-refractivity contribution in [3.63, 3.8) is 0 Å². The number of aliphatic imine (C=N–C) groups is 1. The number of rotatable bonds is 4. The number of nitrogens with zero attached hydrogens (tertiary/aromatic N) is 3. The Morgan fingerprint density at radius 1 is 1.10 bits per heavy atom. The number of hydrogen-bond donors (Lipinski definition) is 1. The highest BCUT2D eigenvalue weighted by Crippen LogP contribution is 2.40. The Bertz CT molecular complexity index is 701. The van der Waals surface area contributed by atoms with Gasteiger partial charge in [-0.05, 0) is 31.2 Å². The summed E-state index contributed by atoms with van der Waals surface area (Å²) in [7, 11) is 1.86. The van der Waals surface area contributed by atoms with Crippen molar-refractivity contribution in [1.82, 2.24) is 15.1 Å². The number of nitrogens with one attached hydrogen (secondary N) is 1. The van der Waals surface area contributed by atoms with Gasteiger partial charge in [-0.1, -0.05) is 43.2 Å². The molecule has 0 spiro atoms. The molecule has 4 rings (SSSR count). The van der Waals surface area contributed by atoms with Gasteiger partial charge in [0.15, 0.2) is 5.96 Å². The highest BCUT2D eigenvalue weighted by Gasteiger charge is 2.36. The maximum atomic E-state index is 12.6. The maximum Gasteiger partial charge on any atom is 0.251 e. The predicted molar refractivity (Wildman–Crippen MR) is 115 cm³/mol. The molecule has 3 aliphatic rings. The number of benzene rings is 1. The summed E-state index contributed by atoms with van der Waals surface area (Å²) in [6.07, 6.45) is 6.68. The summed E-state index contributed by atoms with van der Waals surface area (Å²) in [6.45, 7) is 4.74. The molecule has 1 amide bonds. The average Bonchev–Trinajstić information content (AvgIpc) is 3.48. The Kier molecular flexibility index (Phi) is 6.38. The molecule has 2 heterocycles. The highest BCUT2D eigenvalue weighted by atomic mass is 16.5. The summed E-state index contributed by atoms with van der Waals surface area (Å²) in [5.74, 6) is 1.12. The normalized spacial score (nSPS) is 24.7. The van der Waals surface area contributed by atoms with E-state index >= 15 is 0 Å². The fraction of sp³-hybridized carbons (Fsp3) is 0.652. The van der Waals surface area contributed by atoms with E-state index in [9.17, 15) is 4.79 Å². The Morgan fingerprint density at radius 2 is 1.79 bits per heavy atom. The molecule has 1 aromatic rings. The van der Waals surface area contributed by atoms with E-state index in [2.05, 4.69) is 45.5 Å². The molecule has 1 aromatic carbocycles. The number of amides is 1. The lowest BCUT2D eigenvalue weighted by atomic mass is 9.79. The molecule has 1 aliphatic carbocycles. The number of guanidine groups is 1. The summed E-state index contributed by atoms with van der Waals surface area (Å²) >= 11 is 0. The predicted octanol–water partition coefficient (Wildman–Crippen LogP) is 2.40. The Morgan fingerprint density at radius 3 is 2.41 bits per heavy atom. The van der Waals surface area contributed by atoms with Crippen molar-refractivity contribution in [2.75, 3.05) is 46.4 Å². The minimum atomic E-state index is -0.216. The zero-order valence-electron chi connectivity index (χ0n) is 17.6. The summed E-state index contributed by atoms with van der Waals surface area (Å²) in [4.78, 5) is 21.4. The van der Waals surface area contributed by atoms with Gasteiger partial charge in [0.05, 0.1) is 0 Å². The van der Waals surface area contributed by atoms with E-state index in [1.807, 2.05) is 11.9 Å². The first-order chi connectivity index (χ1) is 14.2. The van der Waals surface area contributed by atoms with Crippen molar-refractivity contribution in [2.45, 2.75) is 50.0 Å². The van der Waals surface area contributed by atoms with Gasteiger partial charge in [0.1, 0.15) is 6.10 Å². The summed E-state index contributed by atoms with van der Waals surface area (Å²) < 4.78 is 5.57. The number of hydrogen-bond acceptors (Lipinski definition) is 3. The number of carbonyl (C=O) groups excluding carboxylic acids is 1. The second-order valence-corrected chi connectivity index (χ2v) is 8.57. The van der Waals surface area contributed by atoms with Crippen LogP contribution in [0.5, 0.6) is 0 Å². The van der Waals surface area contributed by atoms with Crippen LogP contribution in [0.4, 0.5) is 0 Å². The zero-order valence-corrected chi connectivity index (χ0v) is 17.6. The van der Waals surface area contributed by atoms with Crippen LogP contribution in [0.2, 0.25) is 0 Å². The molecule has 1 unspecified atom stereocenters. The third-order valence-electron chi connectivity index (χ3n) is 6.84. The molecule has 1 atom stereocenters. The molecular formula is C23H34N4O2. The highest BCUT2D eigenvalue weighted by molar-refractivity contribution is 5.83. The van der Waals surface area contributed by atoms with Crippen LogP contribution in [-0.4, -0.2) is 74.1 Å².